The van der Waals surface area contributed by atoms with Crippen molar-refractivity contribution in [2.45, 2.75) is 53.1 Å². The van der Waals surface area contributed by atoms with Gasteiger partial charge in [-0.05, 0) is 53.7 Å². The number of aromatic nitrogens is 2. The second kappa shape index (κ2) is 10.2. The van der Waals surface area contributed by atoms with Crippen molar-refractivity contribution in [1.82, 2.24) is 25.3 Å². The summed E-state index contributed by atoms with van der Waals surface area (Å²) in [4.78, 5) is 31.1. The maximum atomic E-state index is 12.9. The predicted octanol–water partition coefficient (Wildman–Crippen LogP) is 3.32. The van der Waals surface area contributed by atoms with Crippen molar-refractivity contribution in [1.29, 1.82) is 0 Å². The van der Waals surface area contributed by atoms with Crippen molar-refractivity contribution in [2.75, 3.05) is 37.6 Å². The van der Waals surface area contributed by atoms with Crippen LogP contribution < -0.4 is 10.2 Å². The Labute approximate surface area is 197 Å². The molecule has 0 radical (unpaired) electrons. The number of piperazine rings is 1. The van der Waals surface area contributed by atoms with Gasteiger partial charge in [0.1, 0.15) is 6.54 Å². The summed E-state index contributed by atoms with van der Waals surface area (Å²) in [5.41, 5.74) is 2.74. The van der Waals surface area contributed by atoms with Gasteiger partial charge in [-0.25, -0.2) is 4.79 Å². The third-order valence-corrected chi connectivity index (χ3v) is 5.63. The van der Waals surface area contributed by atoms with Gasteiger partial charge in [0.2, 0.25) is 5.91 Å². The van der Waals surface area contributed by atoms with E-state index in [-0.39, 0.29) is 30.1 Å². The number of hydrogen-bond donors (Lipinski definition) is 1. The van der Waals surface area contributed by atoms with Crippen molar-refractivity contribution < 1.29 is 9.59 Å². The van der Waals surface area contributed by atoms with Crippen molar-refractivity contribution in [3.63, 3.8) is 0 Å². The lowest BCUT2D eigenvalue weighted by atomic mass is 10.1. The Bertz CT molecular complexity index is 942. The van der Waals surface area contributed by atoms with Gasteiger partial charge in [0.15, 0.2) is 5.82 Å². The zero-order valence-electron chi connectivity index (χ0n) is 20.6. The lowest BCUT2D eigenvalue weighted by Crippen LogP contribution is -2.56. The summed E-state index contributed by atoms with van der Waals surface area (Å²) in [5.74, 6) is 0.777. The van der Waals surface area contributed by atoms with Crippen LogP contribution in [0.25, 0.3) is 11.3 Å². The highest BCUT2D eigenvalue weighted by molar-refractivity contribution is 5.84. The van der Waals surface area contributed by atoms with E-state index in [1.807, 2.05) is 63.8 Å². The largest absolute Gasteiger partial charge is 0.352 e. The van der Waals surface area contributed by atoms with E-state index < -0.39 is 0 Å². The third-order valence-electron chi connectivity index (χ3n) is 5.63. The first-order valence-corrected chi connectivity index (χ1v) is 11.6. The van der Waals surface area contributed by atoms with E-state index in [4.69, 9.17) is 0 Å². The molecule has 0 bridgehead atoms. The van der Waals surface area contributed by atoms with E-state index in [0.717, 1.165) is 17.1 Å². The smallest absolute Gasteiger partial charge is 0.318 e. The topological polar surface area (TPSA) is 81.7 Å². The molecule has 1 N–H and O–H groups in total. The lowest BCUT2D eigenvalue weighted by Gasteiger charge is -2.37. The van der Waals surface area contributed by atoms with E-state index in [1.54, 1.807) is 4.90 Å². The quantitative estimate of drug-likeness (QED) is 0.753. The highest BCUT2D eigenvalue weighted by Crippen LogP contribution is 2.20. The minimum atomic E-state index is -0.352. The van der Waals surface area contributed by atoms with Gasteiger partial charge in [0, 0.05) is 43.3 Å². The minimum absolute atomic E-state index is 0.0341. The molecule has 1 aliphatic rings. The van der Waals surface area contributed by atoms with Crippen LogP contribution >= 0.6 is 0 Å². The van der Waals surface area contributed by atoms with Crippen LogP contribution in [-0.4, -0.2) is 76.2 Å². The molecule has 0 saturated carbocycles. The van der Waals surface area contributed by atoms with E-state index in [9.17, 15) is 9.59 Å². The molecule has 2 aromatic rings. The number of rotatable bonds is 5. The van der Waals surface area contributed by atoms with Gasteiger partial charge in [-0.2, -0.15) is 0 Å². The number of nitrogens with zero attached hydrogens (tertiary/aromatic N) is 5. The van der Waals surface area contributed by atoms with Crippen LogP contribution in [0, 0.1) is 6.92 Å². The maximum Gasteiger partial charge on any atom is 0.318 e. The summed E-state index contributed by atoms with van der Waals surface area (Å²) >= 11 is 0. The molecule has 3 rings (SSSR count). The fraction of sp³-hybridized carbons (Fsp3) is 0.520. The summed E-state index contributed by atoms with van der Waals surface area (Å²) < 4.78 is 0. The zero-order valence-corrected chi connectivity index (χ0v) is 20.6. The molecule has 1 fully saturated rings. The summed E-state index contributed by atoms with van der Waals surface area (Å²) in [6, 6.07) is 11.9. The summed E-state index contributed by atoms with van der Waals surface area (Å²) in [6.07, 6.45) is 0. The first-order chi connectivity index (χ1) is 15.5. The Balaban J connectivity index is 1.55. The number of hydrogen-bond acceptors (Lipinski definition) is 5. The van der Waals surface area contributed by atoms with E-state index in [2.05, 4.69) is 39.5 Å². The van der Waals surface area contributed by atoms with Crippen LogP contribution in [0.4, 0.5) is 10.6 Å². The van der Waals surface area contributed by atoms with Crippen LogP contribution in [0.2, 0.25) is 0 Å². The van der Waals surface area contributed by atoms with E-state index in [1.165, 1.54) is 5.56 Å². The summed E-state index contributed by atoms with van der Waals surface area (Å²) in [7, 11) is 0. The summed E-state index contributed by atoms with van der Waals surface area (Å²) in [5, 5.41) is 11.8. The molecule has 1 aliphatic heterocycles. The Morgan fingerprint density at radius 2 is 1.64 bits per heavy atom. The van der Waals surface area contributed by atoms with Gasteiger partial charge in [0.25, 0.3) is 0 Å². The number of anilines is 1. The first-order valence-electron chi connectivity index (χ1n) is 11.6. The van der Waals surface area contributed by atoms with Gasteiger partial charge in [-0.3, -0.25) is 4.79 Å². The molecule has 0 atom stereocenters. The third kappa shape index (κ3) is 6.66. The molecule has 1 saturated heterocycles. The molecule has 0 spiro atoms. The number of nitrogens with one attached hydrogen (secondary N) is 1. The molecule has 178 valence electrons. The second-order valence-corrected chi connectivity index (χ2v) is 9.91. The highest BCUT2D eigenvalue weighted by Gasteiger charge is 2.28. The monoisotopic (exact) mass is 452 g/mol. The molecule has 3 amide bonds. The fourth-order valence-electron chi connectivity index (χ4n) is 3.68. The van der Waals surface area contributed by atoms with E-state index in [0.29, 0.717) is 26.2 Å². The van der Waals surface area contributed by atoms with Gasteiger partial charge in [-0.1, -0.05) is 29.8 Å². The number of carbonyl (C=O) groups is 2. The van der Waals surface area contributed by atoms with E-state index >= 15 is 0 Å². The molecular weight excluding hydrogens is 416 g/mol. The van der Waals surface area contributed by atoms with Crippen LogP contribution in [0.1, 0.15) is 40.2 Å². The van der Waals surface area contributed by atoms with Crippen LogP contribution in [-0.2, 0) is 4.79 Å². The number of urea groups is 1. The Kier molecular flexibility index (Phi) is 7.56. The average Bonchev–Trinajstić information content (AvgIpc) is 2.76. The average molecular weight is 453 g/mol. The van der Waals surface area contributed by atoms with Crippen LogP contribution in [0.15, 0.2) is 36.4 Å². The maximum absolute atomic E-state index is 12.9. The SMILES string of the molecule is Cc1ccc(-c2ccc(N3CCN(C(=O)CN(C(=O)NC(C)(C)C)C(C)C)CC3)nn2)cc1. The molecule has 2 heterocycles. The number of amides is 3. The van der Waals surface area contributed by atoms with Gasteiger partial charge < -0.3 is 20.0 Å². The highest BCUT2D eigenvalue weighted by atomic mass is 16.2. The summed E-state index contributed by atoms with van der Waals surface area (Å²) in [6.45, 7) is 14.3. The molecule has 0 aliphatic carbocycles. The van der Waals surface area contributed by atoms with Gasteiger partial charge in [-0.15, -0.1) is 10.2 Å². The minimum Gasteiger partial charge on any atom is -0.352 e. The lowest BCUT2D eigenvalue weighted by molar-refractivity contribution is -0.132. The van der Waals surface area contributed by atoms with Gasteiger partial charge in [0.05, 0.1) is 5.69 Å². The first kappa shape index (κ1) is 24.5. The van der Waals surface area contributed by atoms with Crippen LogP contribution in [0.5, 0.6) is 0 Å². The fourth-order valence-corrected chi connectivity index (χ4v) is 3.68. The zero-order chi connectivity index (χ0) is 24.2. The number of benzene rings is 1. The molecule has 8 nitrogen and oxygen atoms in total. The molecule has 33 heavy (non-hydrogen) atoms. The molecule has 1 aromatic carbocycles. The van der Waals surface area contributed by atoms with Crippen molar-refractivity contribution >= 4 is 17.8 Å². The van der Waals surface area contributed by atoms with Crippen molar-refractivity contribution in [3.05, 3.63) is 42.0 Å². The predicted molar refractivity (Wildman–Crippen MR) is 131 cm³/mol. The molecule has 1 aromatic heterocycles. The number of aryl methyl sites for hydroxylation is 1. The molecule has 8 heteroatoms. The molecule has 0 unspecified atom stereocenters. The standard InChI is InChI=1S/C25H36N6O2/c1-18(2)31(24(33)26-25(4,5)6)17-23(32)30-15-13-29(14-16-30)22-12-11-21(27-28-22)20-9-7-19(3)8-10-20/h7-12,18H,13-17H2,1-6H3,(H,26,33). The van der Waals surface area contributed by atoms with Crippen molar-refractivity contribution in [2.24, 2.45) is 0 Å². The second-order valence-electron chi connectivity index (χ2n) is 9.91. The van der Waals surface area contributed by atoms with Crippen LogP contribution in [0.3, 0.4) is 0 Å². The number of carbonyl (C=O) groups excluding carboxylic acids is 2. The Hall–Kier alpha value is -3.16. The van der Waals surface area contributed by atoms with Crippen molar-refractivity contribution in [3.8, 4) is 11.3 Å². The molecular formula is C25H36N6O2. The Morgan fingerprint density at radius 3 is 2.15 bits per heavy atom. The Morgan fingerprint density at radius 1 is 1.00 bits per heavy atom. The normalized spacial score (nSPS) is 14.4. The van der Waals surface area contributed by atoms with Gasteiger partial charge >= 0.3 is 6.03 Å².